The van der Waals surface area contributed by atoms with Crippen molar-refractivity contribution in [1.29, 1.82) is 0 Å². The maximum Gasteiger partial charge on any atom is 0.408 e. The number of carboxylic acid groups (broad SMARTS) is 1. The molecule has 0 fully saturated rings. The molecule has 2 N–H and O–H groups in total. The van der Waals surface area contributed by atoms with Crippen LogP contribution in [0.1, 0.15) is 12.8 Å². The minimum absolute atomic E-state index is 0.0527. The summed E-state index contributed by atoms with van der Waals surface area (Å²) in [5.41, 5.74) is 0.663. The van der Waals surface area contributed by atoms with Gasteiger partial charge in [0.15, 0.2) is 6.04 Å². The van der Waals surface area contributed by atoms with Gasteiger partial charge in [0.2, 0.25) is 0 Å². The third kappa shape index (κ3) is 4.14. The molecule has 1 amide bonds. The van der Waals surface area contributed by atoms with Gasteiger partial charge in [-0.15, -0.1) is 0 Å². The molecule has 1 aliphatic carbocycles. The smallest absolute Gasteiger partial charge is 0.408 e. The minimum atomic E-state index is -1.10. The lowest BCUT2D eigenvalue weighted by Gasteiger charge is -2.18. The molecule has 0 aromatic heterocycles. The first-order valence-electron chi connectivity index (χ1n) is 5.26. The number of amides is 1. The van der Waals surface area contributed by atoms with Crippen molar-refractivity contribution in [3.8, 4) is 0 Å². The second-order valence-electron chi connectivity index (χ2n) is 3.49. The van der Waals surface area contributed by atoms with Gasteiger partial charge in [-0.1, -0.05) is 30.9 Å². The Hall–Kier alpha value is -2.04. The molecule has 5 heteroatoms. The van der Waals surface area contributed by atoms with Crippen molar-refractivity contribution in [1.82, 2.24) is 5.32 Å². The number of hydrogen-bond acceptors (Lipinski definition) is 3. The first kappa shape index (κ1) is 13.0. The van der Waals surface area contributed by atoms with Gasteiger partial charge in [0, 0.05) is 0 Å². The Morgan fingerprint density at radius 1 is 1.59 bits per heavy atom. The van der Waals surface area contributed by atoms with Crippen LogP contribution in [-0.4, -0.2) is 29.8 Å². The van der Waals surface area contributed by atoms with Crippen LogP contribution in [0.4, 0.5) is 4.79 Å². The van der Waals surface area contributed by atoms with Crippen LogP contribution < -0.4 is 5.32 Å². The summed E-state index contributed by atoms with van der Waals surface area (Å²) < 4.78 is 4.69. The Kier molecular flexibility index (Phi) is 5.00. The summed E-state index contributed by atoms with van der Waals surface area (Å²) in [5.74, 6) is -1.10. The summed E-state index contributed by atoms with van der Waals surface area (Å²) in [7, 11) is 0. The molecule has 92 valence electrons. The topological polar surface area (TPSA) is 75.6 Å². The maximum atomic E-state index is 11.3. The second kappa shape index (κ2) is 6.52. The van der Waals surface area contributed by atoms with Crippen LogP contribution in [0.25, 0.3) is 0 Å². The standard InChI is InChI=1S/C12H15NO4/c1-2-8-17-12(16)13-10(11(14)15)9-6-4-3-5-7-9/h2-4,7,10H,1,5-6,8H2,(H,13,16)(H,14,15)/t10-/m1/s1. The van der Waals surface area contributed by atoms with E-state index in [-0.39, 0.29) is 6.61 Å². The van der Waals surface area contributed by atoms with Crippen molar-refractivity contribution in [2.45, 2.75) is 18.9 Å². The van der Waals surface area contributed by atoms with E-state index in [1.54, 1.807) is 6.08 Å². The highest BCUT2D eigenvalue weighted by molar-refractivity contribution is 5.83. The second-order valence-corrected chi connectivity index (χ2v) is 3.49. The van der Waals surface area contributed by atoms with Crippen LogP contribution in [0.3, 0.4) is 0 Å². The first-order chi connectivity index (χ1) is 8.15. The number of hydrogen-bond donors (Lipinski definition) is 2. The van der Waals surface area contributed by atoms with Gasteiger partial charge in [-0.25, -0.2) is 9.59 Å². The van der Waals surface area contributed by atoms with Crippen molar-refractivity contribution < 1.29 is 19.4 Å². The summed E-state index contributed by atoms with van der Waals surface area (Å²) in [4.78, 5) is 22.3. The molecular formula is C12H15NO4. The molecule has 1 aliphatic rings. The van der Waals surface area contributed by atoms with Gasteiger partial charge in [-0.2, -0.15) is 0 Å². The number of aliphatic carboxylic acids is 1. The fourth-order valence-electron chi connectivity index (χ4n) is 1.46. The quantitative estimate of drug-likeness (QED) is 0.712. The van der Waals surface area contributed by atoms with Crippen LogP contribution >= 0.6 is 0 Å². The SMILES string of the molecule is C=CCOC(=O)N[C@@H](C(=O)O)C1=CCC=CC1. The number of carboxylic acids is 1. The Labute approximate surface area is 99.5 Å². The number of rotatable bonds is 5. The average Bonchev–Trinajstić information content (AvgIpc) is 2.34. The number of nitrogens with one attached hydrogen (secondary N) is 1. The predicted molar refractivity (Wildman–Crippen MR) is 62.6 cm³/mol. The Morgan fingerprint density at radius 2 is 2.35 bits per heavy atom. The fourth-order valence-corrected chi connectivity index (χ4v) is 1.46. The fraction of sp³-hybridized carbons (Fsp3) is 0.333. The highest BCUT2D eigenvalue weighted by atomic mass is 16.5. The number of allylic oxidation sites excluding steroid dienone is 3. The molecule has 0 spiro atoms. The molecule has 0 bridgehead atoms. The molecule has 0 saturated carbocycles. The summed E-state index contributed by atoms with van der Waals surface area (Å²) in [5, 5.41) is 11.4. The molecule has 0 aromatic carbocycles. The lowest BCUT2D eigenvalue weighted by atomic mass is 9.99. The van der Waals surface area contributed by atoms with Crippen LogP contribution in [0.15, 0.2) is 36.5 Å². The van der Waals surface area contributed by atoms with E-state index in [0.29, 0.717) is 18.4 Å². The van der Waals surface area contributed by atoms with Crippen molar-refractivity contribution in [2.75, 3.05) is 6.61 Å². The molecular weight excluding hydrogens is 222 g/mol. The average molecular weight is 237 g/mol. The minimum Gasteiger partial charge on any atom is -0.479 e. The van der Waals surface area contributed by atoms with Crippen LogP contribution in [-0.2, 0) is 9.53 Å². The molecule has 17 heavy (non-hydrogen) atoms. The van der Waals surface area contributed by atoms with Crippen molar-refractivity contribution in [3.05, 3.63) is 36.5 Å². The zero-order valence-electron chi connectivity index (χ0n) is 9.39. The number of ether oxygens (including phenoxy) is 1. The van der Waals surface area contributed by atoms with Gasteiger partial charge >= 0.3 is 12.1 Å². The number of alkyl carbamates (subject to hydrolysis) is 1. The van der Waals surface area contributed by atoms with Crippen molar-refractivity contribution in [3.63, 3.8) is 0 Å². The lowest BCUT2D eigenvalue weighted by molar-refractivity contribution is -0.138. The molecule has 0 radical (unpaired) electrons. The van der Waals surface area contributed by atoms with Crippen molar-refractivity contribution in [2.24, 2.45) is 0 Å². The molecule has 0 saturated heterocycles. The summed E-state index contributed by atoms with van der Waals surface area (Å²) >= 11 is 0. The van der Waals surface area contributed by atoms with Gasteiger partial charge < -0.3 is 15.2 Å². The predicted octanol–water partition coefficient (Wildman–Crippen LogP) is 1.63. The van der Waals surface area contributed by atoms with E-state index < -0.39 is 18.1 Å². The summed E-state index contributed by atoms with van der Waals surface area (Å²) in [6.45, 7) is 3.45. The highest BCUT2D eigenvalue weighted by Gasteiger charge is 2.24. The molecule has 0 aromatic rings. The number of carbonyl (C=O) groups excluding carboxylic acids is 1. The van der Waals surface area contributed by atoms with E-state index >= 15 is 0 Å². The Bertz CT molecular complexity index is 371. The molecule has 1 atom stereocenters. The maximum absolute atomic E-state index is 11.3. The van der Waals surface area contributed by atoms with E-state index in [9.17, 15) is 9.59 Å². The summed E-state index contributed by atoms with van der Waals surface area (Å²) in [6, 6.07) is -1.03. The van der Waals surface area contributed by atoms with E-state index in [1.165, 1.54) is 6.08 Å². The third-order valence-corrected chi connectivity index (χ3v) is 2.25. The van der Waals surface area contributed by atoms with Gasteiger partial charge in [-0.3, -0.25) is 0 Å². The van der Waals surface area contributed by atoms with E-state index in [4.69, 9.17) is 5.11 Å². The highest BCUT2D eigenvalue weighted by Crippen LogP contribution is 2.15. The normalized spacial score (nSPS) is 15.6. The van der Waals surface area contributed by atoms with E-state index in [2.05, 4.69) is 16.6 Å². The Morgan fingerprint density at radius 3 is 2.88 bits per heavy atom. The lowest BCUT2D eigenvalue weighted by Crippen LogP contribution is -2.42. The van der Waals surface area contributed by atoms with E-state index in [1.807, 2.05) is 12.2 Å². The van der Waals surface area contributed by atoms with Crippen LogP contribution in [0, 0.1) is 0 Å². The molecule has 0 heterocycles. The van der Waals surface area contributed by atoms with Gasteiger partial charge in [0.25, 0.3) is 0 Å². The molecule has 0 unspecified atom stereocenters. The van der Waals surface area contributed by atoms with Gasteiger partial charge in [0.05, 0.1) is 0 Å². The molecule has 0 aliphatic heterocycles. The van der Waals surface area contributed by atoms with Gasteiger partial charge in [0.1, 0.15) is 6.61 Å². The molecule has 1 rings (SSSR count). The largest absolute Gasteiger partial charge is 0.479 e. The van der Waals surface area contributed by atoms with Crippen LogP contribution in [0.5, 0.6) is 0 Å². The third-order valence-electron chi connectivity index (χ3n) is 2.25. The zero-order valence-corrected chi connectivity index (χ0v) is 9.39. The van der Waals surface area contributed by atoms with Crippen molar-refractivity contribution >= 4 is 12.1 Å². The first-order valence-corrected chi connectivity index (χ1v) is 5.26. The van der Waals surface area contributed by atoms with E-state index in [0.717, 1.165) is 0 Å². The molecule has 5 nitrogen and oxygen atoms in total. The number of carbonyl (C=O) groups is 2. The zero-order chi connectivity index (χ0) is 12.7. The van der Waals surface area contributed by atoms with Crippen LogP contribution in [0.2, 0.25) is 0 Å². The summed E-state index contributed by atoms with van der Waals surface area (Å²) in [6.07, 6.45) is 7.49. The Balaban J connectivity index is 2.60. The monoisotopic (exact) mass is 237 g/mol. The van der Waals surface area contributed by atoms with Gasteiger partial charge in [-0.05, 0) is 18.4 Å².